The van der Waals surface area contributed by atoms with E-state index < -0.39 is 0 Å². The minimum atomic E-state index is 0.359. The Morgan fingerprint density at radius 1 is 0.864 bits per heavy atom. The van der Waals surface area contributed by atoms with Gasteiger partial charge >= 0.3 is 0 Å². The zero-order valence-electron chi connectivity index (χ0n) is 13.2. The molecule has 0 saturated carbocycles. The highest BCUT2D eigenvalue weighted by Gasteiger charge is 2.26. The number of benzene rings is 2. The van der Waals surface area contributed by atoms with E-state index in [0.29, 0.717) is 12.0 Å². The maximum atomic E-state index is 3.35. The standard InChI is InChI=1S/C21H23N/c1-2-9-18-14-16-22(17-15-18)21(19-10-5-3-6-11-19)20-12-7-4-8-13-20/h3-8,10-13,18,21H,14-17H2,1H3. The van der Waals surface area contributed by atoms with Crippen molar-refractivity contribution >= 4 is 0 Å². The molecule has 0 N–H and O–H groups in total. The van der Waals surface area contributed by atoms with E-state index in [4.69, 9.17) is 0 Å². The van der Waals surface area contributed by atoms with Crippen LogP contribution in [-0.4, -0.2) is 18.0 Å². The highest BCUT2D eigenvalue weighted by molar-refractivity contribution is 5.32. The van der Waals surface area contributed by atoms with Crippen LogP contribution >= 0.6 is 0 Å². The molecular weight excluding hydrogens is 266 g/mol. The molecule has 0 radical (unpaired) electrons. The fourth-order valence-corrected chi connectivity index (χ4v) is 3.39. The average molecular weight is 289 g/mol. The van der Waals surface area contributed by atoms with E-state index in [9.17, 15) is 0 Å². The molecule has 2 aromatic rings. The Bertz CT molecular complexity index is 588. The van der Waals surface area contributed by atoms with E-state index in [2.05, 4.69) is 77.4 Å². The summed E-state index contributed by atoms with van der Waals surface area (Å²) < 4.78 is 0. The molecule has 0 aliphatic carbocycles. The second-order valence-corrected chi connectivity index (χ2v) is 5.93. The average Bonchev–Trinajstić information content (AvgIpc) is 2.59. The SMILES string of the molecule is CC#CC1CCN(C(c2ccccc2)c2ccccc2)CC1. The van der Waals surface area contributed by atoms with Crippen LogP contribution in [0.5, 0.6) is 0 Å². The van der Waals surface area contributed by atoms with E-state index in [1.165, 1.54) is 24.0 Å². The molecule has 3 rings (SSSR count). The molecule has 1 aliphatic heterocycles. The summed E-state index contributed by atoms with van der Waals surface area (Å²) in [6.45, 7) is 4.19. The maximum absolute atomic E-state index is 3.35. The van der Waals surface area contributed by atoms with Crippen molar-refractivity contribution in [2.45, 2.75) is 25.8 Å². The quantitative estimate of drug-likeness (QED) is 0.751. The van der Waals surface area contributed by atoms with Crippen LogP contribution in [0.15, 0.2) is 60.7 Å². The lowest BCUT2D eigenvalue weighted by molar-refractivity contribution is 0.169. The monoisotopic (exact) mass is 289 g/mol. The first-order valence-electron chi connectivity index (χ1n) is 8.14. The number of nitrogens with zero attached hydrogens (tertiary/aromatic N) is 1. The number of likely N-dealkylation sites (tertiary alicyclic amines) is 1. The molecule has 0 bridgehead atoms. The van der Waals surface area contributed by atoms with Crippen molar-refractivity contribution in [3.05, 3.63) is 71.8 Å². The van der Waals surface area contributed by atoms with Gasteiger partial charge < -0.3 is 0 Å². The van der Waals surface area contributed by atoms with E-state index in [0.717, 1.165) is 13.1 Å². The molecule has 0 unspecified atom stereocenters. The predicted molar refractivity (Wildman–Crippen MR) is 92.5 cm³/mol. The number of hydrogen-bond donors (Lipinski definition) is 0. The summed E-state index contributed by atoms with van der Waals surface area (Å²) in [5.41, 5.74) is 2.77. The van der Waals surface area contributed by atoms with Crippen molar-refractivity contribution in [1.29, 1.82) is 0 Å². The van der Waals surface area contributed by atoms with Gasteiger partial charge in [-0.25, -0.2) is 0 Å². The second-order valence-electron chi connectivity index (χ2n) is 5.93. The largest absolute Gasteiger partial charge is 0.292 e. The highest BCUT2D eigenvalue weighted by atomic mass is 15.2. The predicted octanol–water partition coefficient (Wildman–Crippen LogP) is 4.51. The zero-order valence-corrected chi connectivity index (χ0v) is 13.2. The summed E-state index contributed by atoms with van der Waals surface area (Å²) >= 11 is 0. The fourth-order valence-electron chi connectivity index (χ4n) is 3.39. The summed E-state index contributed by atoms with van der Waals surface area (Å²) in [4.78, 5) is 2.61. The van der Waals surface area contributed by atoms with E-state index in [1.54, 1.807) is 0 Å². The summed E-state index contributed by atoms with van der Waals surface area (Å²) in [5.74, 6) is 7.00. The second kappa shape index (κ2) is 7.29. The van der Waals surface area contributed by atoms with Crippen molar-refractivity contribution in [2.75, 3.05) is 13.1 Å². The first kappa shape index (κ1) is 14.9. The summed E-state index contributed by atoms with van der Waals surface area (Å²) in [7, 11) is 0. The number of piperidine rings is 1. The van der Waals surface area contributed by atoms with Crippen molar-refractivity contribution in [3.8, 4) is 11.8 Å². The Kier molecular flexibility index (Phi) is 4.93. The third-order valence-electron chi connectivity index (χ3n) is 4.47. The molecule has 1 nitrogen and oxygen atoms in total. The van der Waals surface area contributed by atoms with Crippen LogP contribution in [0.25, 0.3) is 0 Å². The van der Waals surface area contributed by atoms with Crippen LogP contribution in [0.2, 0.25) is 0 Å². The molecule has 1 heterocycles. The van der Waals surface area contributed by atoms with Gasteiger partial charge in [0.1, 0.15) is 0 Å². The van der Waals surface area contributed by atoms with Gasteiger partial charge in [0.25, 0.3) is 0 Å². The fraction of sp³-hybridized carbons (Fsp3) is 0.333. The molecule has 22 heavy (non-hydrogen) atoms. The Morgan fingerprint density at radius 3 is 1.82 bits per heavy atom. The van der Waals surface area contributed by atoms with Gasteiger partial charge in [-0.05, 0) is 30.9 Å². The van der Waals surface area contributed by atoms with Gasteiger partial charge in [-0.3, -0.25) is 4.90 Å². The Balaban J connectivity index is 1.85. The molecule has 1 heteroatoms. The van der Waals surface area contributed by atoms with Gasteiger partial charge in [-0.1, -0.05) is 60.7 Å². The Labute approximate surface area is 134 Å². The molecule has 2 aromatic carbocycles. The highest BCUT2D eigenvalue weighted by Crippen LogP contribution is 2.32. The van der Waals surface area contributed by atoms with E-state index in [-0.39, 0.29) is 0 Å². The molecule has 0 amide bonds. The summed E-state index contributed by atoms with van der Waals surface area (Å²) in [6, 6.07) is 22.1. The van der Waals surface area contributed by atoms with E-state index >= 15 is 0 Å². The molecular formula is C21H23N. The van der Waals surface area contributed by atoms with Gasteiger partial charge in [-0.2, -0.15) is 0 Å². The first-order chi connectivity index (χ1) is 10.9. The molecule has 0 aromatic heterocycles. The lowest BCUT2D eigenvalue weighted by atomic mass is 9.91. The van der Waals surface area contributed by atoms with Gasteiger partial charge in [0.2, 0.25) is 0 Å². The molecule has 0 atom stereocenters. The molecule has 1 saturated heterocycles. The van der Waals surface area contributed by atoms with Crippen LogP contribution < -0.4 is 0 Å². The summed E-state index contributed by atoms with van der Waals surface area (Å²) in [6.07, 6.45) is 2.36. The Morgan fingerprint density at radius 2 is 1.36 bits per heavy atom. The molecule has 1 fully saturated rings. The zero-order chi connectivity index (χ0) is 15.2. The molecule has 0 spiro atoms. The van der Waals surface area contributed by atoms with Gasteiger partial charge in [-0.15, -0.1) is 11.8 Å². The minimum absolute atomic E-state index is 0.359. The lowest BCUT2D eigenvalue weighted by Crippen LogP contribution is -2.37. The lowest BCUT2D eigenvalue weighted by Gasteiger charge is -2.37. The van der Waals surface area contributed by atoms with Crippen molar-refractivity contribution < 1.29 is 0 Å². The number of rotatable bonds is 3. The molecule has 112 valence electrons. The molecule has 1 aliphatic rings. The van der Waals surface area contributed by atoms with Crippen LogP contribution in [0.4, 0.5) is 0 Å². The third kappa shape index (κ3) is 3.40. The van der Waals surface area contributed by atoms with Gasteiger partial charge in [0.15, 0.2) is 0 Å². The third-order valence-corrected chi connectivity index (χ3v) is 4.47. The van der Waals surface area contributed by atoms with Gasteiger partial charge in [0.05, 0.1) is 6.04 Å². The van der Waals surface area contributed by atoms with Crippen molar-refractivity contribution in [2.24, 2.45) is 5.92 Å². The smallest absolute Gasteiger partial charge is 0.0601 e. The summed E-state index contributed by atoms with van der Waals surface area (Å²) in [5, 5.41) is 0. The van der Waals surface area contributed by atoms with Crippen molar-refractivity contribution in [1.82, 2.24) is 4.90 Å². The van der Waals surface area contributed by atoms with Crippen LogP contribution in [0.1, 0.15) is 36.9 Å². The normalized spacial score (nSPS) is 16.3. The van der Waals surface area contributed by atoms with E-state index in [1.807, 2.05) is 6.92 Å². The first-order valence-corrected chi connectivity index (χ1v) is 8.14. The Hall–Kier alpha value is -2.04. The van der Waals surface area contributed by atoms with Crippen LogP contribution in [-0.2, 0) is 0 Å². The maximum Gasteiger partial charge on any atom is 0.0601 e. The van der Waals surface area contributed by atoms with Crippen LogP contribution in [0, 0.1) is 17.8 Å². The topological polar surface area (TPSA) is 3.24 Å². The minimum Gasteiger partial charge on any atom is -0.292 e. The number of hydrogen-bond acceptors (Lipinski definition) is 1. The van der Waals surface area contributed by atoms with Gasteiger partial charge in [0, 0.05) is 19.0 Å². The van der Waals surface area contributed by atoms with Crippen LogP contribution in [0.3, 0.4) is 0 Å². The van der Waals surface area contributed by atoms with Crippen molar-refractivity contribution in [3.63, 3.8) is 0 Å².